The predicted octanol–water partition coefficient (Wildman–Crippen LogP) is 4.15. The average molecular weight is 411 g/mol. The zero-order valence-corrected chi connectivity index (χ0v) is 15.4. The second-order valence-electron chi connectivity index (χ2n) is 5.31. The molecule has 0 spiro atoms. The molecule has 0 aliphatic carbocycles. The van der Waals surface area contributed by atoms with Gasteiger partial charge in [0.25, 0.3) is 5.91 Å². The Labute approximate surface area is 159 Å². The number of rotatable bonds is 4. The fourth-order valence-electron chi connectivity index (χ4n) is 2.21. The van der Waals surface area contributed by atoms with Gasteiger partial charge in [0, 0.05) is 16.3 Å². The highest BCUT2D eigenvalue weighted by Gasteiger charge is 2.15. The van der Waals surface area contributed by atoms with Gasteiger partial charge in [-0.2, -0.15) is 0 Å². The molecule has 0 unspecified atom stereocenters. The van der Waals surface area contributed by atoms with Crippen LogP contribution in [0.15, 0.2) is 63.9 Å². The van der Waals surface area contributed by atoms with Gasteiger partial charge in [-0.1, -0.05) is 23.2 Å². The Morgan fingerprint density at radius 2 is 1.69 bits per heavy atom. The van der Waals surface area contributed by atoms with E-state index in [0.717, 1.165) is 0 Å². The van der Waals surface area contributed by atoms with E-state index in [9.17, 15) is 13.2 Å². The van der Waals surface area contributed by atoms with Crippen LogP contribution in [0, 0.1) is 0 Å². The molecule has 3 aromatic rings. The number of hydrogen-bond acceptors (Lipinski definition) is 4. The number of hydrogen-bond donors (Lipinski definition) is 2. The van der Waals surface area contributed by atoms with Gasteiger partial charge in [-0.05, 0) is 54.6 Å². The fraction of sp³-hybridized carbons (Fsp3) is 0. The Balaban J connectivity index is 1.78. The van der Waals surface area contributed by atoms with E-state index < -0.39 is 15.9 Å². The van der Waals surface area contributed by atoms with Crippen LogP contribution in [0.25, 0.3) is 11.3 Å². The Hall–Kier alpha value is -2.32. The number of sulfonamides is 1. The lowest BCUT2D eigenvalue weighted by Crippen LogP contribution is -2.13. The zero-order valence-electron chi connectivity index (χ0n) is 13.1. The van der Waals surface area contributed by atoms with E-state index in [-0.39, 0.29) is 10.7 Å². The lowest BCUT2D eigenvalue weighted by molar-refractivity contribution is 0.0997. The summed E-state index contributed by atoms with van der Waals surface area (Å²) in [6, 6.07) is 13.5. The summed E-state index contributed by atoms with van der Waals surface area (Å²) in [5.74, 6) is -0.00683. The number of benzene rings is 2. The van der Waals surface area contributed by atoms with E-state index >= 15 is 0 Å². The first kappa shape index (κ1) is 18.5. The summed E-state index contributed by atoms with van der Waals surface area (Å²) in [6.07, 6.45) is 0. The normalized spacial score (nSPS) is 11.3. The summed E-state index contributed by atoms with van der Waals surface area (Å²) in [4.78, 5) is 12.2. The number of nitrogens with two attached hydrogens (primary N) is 1. The van der Waals surface area contributed by atoms with Crippen molar-refractivity contribution in [3.8, 4) is 11.3 Å². The summed E-state index contributed by atoms with van der Waals surface area (Å²) < 4.78 is 28.0. The molecule has 0 radical (unpaired) electrons. The standard InChI is InChI=1S/C17H12Cl2N2O4S/c18-10-1-6-13(14(19)9-10)15-7-8-16(25-15)17(22)21-11-2-4-12(5-3-11)26(20,23)24/h1-9H,(H,21,22)(H2,20,23,24). The number of nitrogens with one attached hydrogen (secondary N) is 1. The summed E-state index contributed by atoms with van der Waals surface area (Å²) in [5, 5.41) is 8.52. The van der Waals surface area contributed by atoms with Gasteiger partial charge in [-0.3, -0.25) is 4.79 Å². The third-order valence-corrected chi connectivity index (χ3v) is 4.94. The first-order valence-electron chi connectivity index (χ1n) is 7.23. The van der Waals surface area contributed by atoms with Crippen LogP contribution in [0.3, 0.4) is 0 Å². The summed E-state index contributed by atoms with van der Waals surface area (Å²) in [5.41, 5.74) is 0.998. The van der Waals surface area contributed by atoms with Crippen molar-refractivity contribution in [2.45, 2.75) is 4.90 Å². The third-order valence-electron chi connectivity index (χ3n) is 3.47. The fourth-order valence-corrected chi connectivity index (χ4v) is 3.23. The maximum Gasteiger partial charge on any atom is 0.291 e. The van der Waals surface area contributed by atoms with Crippen LogP contribution < -0.4 is 10.5 Å². The van der Waals surface area contributed by atoms with Crippen molar-refractivity contribution in [3.05, 3.63) is 70.4 Å². The predicted molar refractivity (Wildman–Crippen MR) is 99.9 cm³/mol. The Bertz CT molecular complexity index is 1080. The van der Waals surface area contributed by atoms with Crippen LogP contribution in [0.5, 0.6) is 0 Å². The summed E-state index contributed by atoms with van der Waals surface area (Å²) >= 11 is 12.0. The summed E-state index contributed by atoms with van der Waals surface area (Å²) in [6.45, 7) is 0. The SMILES string of the molecule is NS(=O)(=O)c1ccc(NC(=O)c2ccc(-c3ccc(Cl)cc3Cl)o2)cc1. The van der Waals surface area contributed by atoms with E-state index in [4.69, 9.17) is 32.8 Å². The monoisotopic (exact) mass is 410 g/mol. The topological polar surface area (TPSA) is 102 Å². The molecule has 3 rings (SSSR count). The summed E-state index contributed by atoms with van der Waals surface area (Å²) in [7, 11) is -3.79. The lowest BCUT2D eigenvalue weighted by Gasteiger charge is -2.05. The first-order chi connectivity index (χ1) is 12.2. The minimum atomic E-state index is -3.79. The molecule has 9 heteroatoms. The molecule has 26 heavy (non-hydrogen) atoms. The van der Waals surface area contributed by atoms with E-state index in [1.165, 1.54) is 30.3 Å². The maximum atomic E-state index is 12.3. The van der Waals surface area contributed by atoms with E-state index in [1.807, 2.05) is 0 Å². The number of furan rings is 1. The van der Waals surface area contributed by atoms with Gasteiger partial charge < -0.3 is 9.73 Å². The van der Waals surface area contributed by atoms with Crippen LogP contribution in [-0.4, -0.2) is 14.3 Å². The molecular weight excluding hydrogens is 399 g/mol. The van der Waals surface area contributed by atoms with Gasteiger partial charge in [0.05, 0.1) is 9.92 Å². The minimum Gasteiger partial charge on any atom is -0.451 e. The van der Waals surface area contributed by atoms with Crippen molar-refractivity contribution < 1.29 is 17.6 Å². The molecule has 1 aromatic heterocycles. The number of halogens is 2. The van der Waals surface area contributed by atoms with Gasteiger partial charge in [-0.25, -0.2) is 13.6 Å². The average Bonchev–Trinajstić information content (AvgIpc) is 3.04. The largest absolute Gasteiger partial charge is 0.451 e. The van der Waals surface area contributed by atoms with Crippen LogP contribution in [0.2, 0.25) is 10.0 Å². The van der Waals surface area contributed by atoms with Crippen molar-refractivity contribution in [1.29, 1.82) is 0 Å². The Morgan fingerprint density at radius 3 is 2.31 bits per heavy atom. The second kappa shape index (κ2) is 7.13. The molecule has 0 saturated heterocycles. The van der Waals surface area contributed by atoms with Crippen molar-refractivity contribution in [3.63, 3.8) is 0 Å². The van der Waals surface area contributed by atoms with Gasteiger partial charge >= 0.3 is 0 Å². The number of anilines is 1. The maximum absolute atomic E-state index is 12.3. The van der Waals surface area contributed by atoms with Crippen molar-refractivity contribution in [1.82, 2.24) is 0 Å². The van der Waals surface area contributed by atoms with E-state index in [2.05, 4.69) is 5.32 Å². The lowest BCUT2D eigenvalue weighted by atomic mass is 10.2. The molecule has 0 fully saturated rings. The number of carbonyl (C=O) groups excluding carboxylic acids is 1. The smallest absolute Gasteiger partial charge is 0.291 e. The highest BCUT2D eigenvalue weighted by molar-refractivity contribution is 7.89. The molecule has 0 bridgehead atoms. The number of carbonyl (C=O) groups is 1. The van der Waals surface area contributed by atoms with Crippen molar-refractivity contribution >= 4 is 44.8 Å². The van der Waals surface area contributed by atoms with Gasteiger partial charge in [0.15, 0.2) is 5.76 Å². The molecule has 3 N–H and O–H groups in total. The van der Waals surface area contributed by atoms with E-state index in [1.54, 1.807) is 24.3 Å². The third kappa shape index (κ3) is 4.08. The highest BCUT2D eigenvalue weighted by atomic mass is 35.5. The quantitative estimate of drug-likeness (QED) is 0.673. The molecule has 0 atom stereocenters. The molecule has 0 aliphatic heterocycles. The molecule has 1 amide bonds. The number of primary sulfonamides is 1. The van der Waals surface area contributed by atoms with Crippen LogP contribution in [0.1, 0.15) is 10.6 Å². The minimum absolute atomic E-state index is 0.0480. The van der Waals surface area contributed by atoms with Crippen molar-refractivity contribution in [2.75, 3.05) is 5.32 Å². The molecular formula is C17H12Cl2N2O4S. The first-order valence-corrected chi connectivity index (χ1v) is 9.54. The van der Waals surface area contributed by atoms with Gasteiger partial charge in [0.2, 0.25) is 10.0 Å². The molecule has 134 valence electrons. The molecule has 1 heterocycles. The second-order valence-corrected chi connectivity index (χ2v) is 7.72. The number of amides is 1. The van der Waals surface area contributed by atoms with Crippen LogP contribution in [-0.2, 0) is 10.0 Å². The highest BCUT2D eigenvalue weighted by Crippen LogP contribution is 2.31. The molecule has 0 saturated carbocycles. The zero-order chi connectivity index (χ0) is 18.9. The van der Waals surface area contributed by atoms with Gasteiger partial charge in [0.1, 0.15) is 5.76 Å². The van der Waals surface area contributed by atoms with E-state index in [0.29, 0.717) is 27.1 Å². The Morgan fingerprint density at radius 1 is 1.00 bits per heavy atom. The molecule has 0 aliphatic rings. The van der Waals surface area contributed by atoms with Crippen LogP contribution in [0.4, 0.5) is 5.69 Å². The van der Waals surface area contributed by atoms with Gasteiger partial charge in [-0.15, -0.1) is 0 Å². The Kier molecular flexibility index (Phi) is 5.06. The van der Waals surface area contributed by atoms with Crippen molar-refractivity contribution in [2.24, 2.45) is 5.14 Å². The molecule has 6 nitrogen and oxygen atoms in total. The van der Waals surface area contributed by atoms with Crippen LogP contribution >= 0.6 is 23.2 Å². The molecule has 2 aromatic carbocycles.